The number of nitrogens with zero attached hydrogens (tertiary/aromatic N) is 6. The lowest BCUT2D eigenvalue weighted by molar-refractivity contribution is 1.20. The first kappa shape index (κ1) is 33.4. The van der Waals surface area contributed by atoms with Crippen molar-refractivity contribution >= 4 is 88.6 Å². The van der Waals surface area contributed by atoms with E-state index in [-0.39, 0.29) is 11.4 Å². The minimum atomic E-state index is -0.0153. The summed E-state index contributed by atoms with van der Waals surface area (Å²) in [7, 11) is 0. The number of aromatic nitrogens is 6. The summed E-state index contributed by atoms with van der Waals surface area (Å²) in [6, 6.07) is 54.0. The van der Waals surface area contributed by atoms with Crippen molar-refractivity contribution in [1.82, 2.24) is 29.9 Å². The Kier molecular flexibility index (Phi) is 7.19. The highest BCUT2D eigenvalue weighted by atomic mass is 14.8. The van der Waals surface area contributed by atoms with Crippen molar-refractivity contribution < 1.29 is 0 Å². The summed E-state index contributed by atoms with van der Waals surface area (Å²) in [4.78, 5) is 28.4. The number of nitrogens with one attached hydrogen (secondary N) is 2. The molecule has 12 rings (SSSR count). The zero-order valence-electron chi connectivity index (χ0n) is 31.7. The van der Waals surface area contributed by atoms with Gasteiger partial charge in [0.25, 0.3) is 0 Å². The Morgan fingerprint density at radius 2 is 0.850 bits per heavy atom. The Morgan fingerprint density at radius 1 is 0.383 bits per heavy atom. The Hall–Kier alpha value is -8.72. The summed E-state index contributed by atoms with van der Waals surface area (Å²) in [6.45, 7) is 0. The smallest absolute Gasteiger partial charge is 0.177 e. The molecule has 2 N–H and O–H groups in total. The fourth-order valence-corrected chi connectivity index (χ4v) is 9.10. The summed E-state index contributed by atoms with van der Waals surface area (Å²) in [5.74, 6) is 0. The molecule has 0 saturated carbocycles. The molecule has 60 heavy (non-hydrogen) atoms. The standard InChI is InChI=1S/C52H28N8/c53-27-42-43(28-54)59-51-41(58-42)26-34-49-48(51)33-19-11-10-18-32(33)47-40-25-23-38(57-40)45(30-14-6-2-7-15-30)36-21-20-35(55-36)44(29-12-4-1-5-13-29)37-22-24-39(56-37)46(50(34)60-52(47)49)31-16-8-3-9-17-31/h1-26,56-57H. The molecule has 5 aromatic heterocycles. The molecule has 0 saturated heterocycles. The predicted octanol–water partition coefficient (Wildman–Crippen LogP) is 12.3. The van der Waals surface area contributed by atoms with Crippen molar-refractivity contribution in [2.75, 3.05) is 0 Å². The first-order valence-electron chi connectivity index (χ1n) is 19.6. The van der Waals surface area contributed by atoms with E-state index >= 15 is 0 Å². The lowest BCUT2D eigenvalue weighted by atomic mass is 9.94. The molecule has 0 spiro atoms. The highest BCUT2D eigenvalue weighted by Crippen LogP contribution is 2.46. The van der Waals surface area contributed by atoms with Crippen molar-refractivity contribution in [3.63, 3.8) is 0 Å². The highest BCUT2D eigenvalue weighted by molar-refractivity contribution is 6.39. The van der Waals surface area contributed by atoms with E-state index in [0.29, 0.717) is 11.0 Å². The van der Waals surface area contributed by atoms with Crippen molar-refractivity contribution in [1.29, 1.82) is 10.5 Å². The molecule has 6 heterocycles. The number of benzene rings is 6. The maximum Gasteiger partial charge on any atom is 0.177 e. The quantitative estimate of drug-likeness (QED) is 0.172. The molecule has 0 atom stereocenters. The van der Waals surface area contributed by atoms with Gasteiger partial charge in [-0.3, -0.25) is 0 Å². The second-order valence-corrected chi connectivity index (χ2v) is 14.9. The number of hydrogen-bond donors (Lipinski definition) is 2. The van der Waals surface area contributed by atoms with Gasteiger partial charge in [-0.1, -0.05) is 115 Å². The number of hydrogen-bond acceptors (Lipinski definition) is 6. The van der Waals surface area contributed by atoms with Crippen LogP contribution in [0.25, 0.3) is 122 Å². The fraction of sp³-hybridized carbons (Fsp3) is 0. The van der Waals surface area contributed by atoms with Gasteiger partial charge in [0.2, 0.25) is 0 Å². The number of rotatable bonds is 3. The van der Waals surface area contributed by atoms with Crippen molar-refractivity contribution in [3.05, 3.63) is 168 Å². The van der Waals surface area contributed by atoms with Gasteiger partial charge in [-0.15, -0.1) is 0 Å². The van der Waals surface area contributed by atoms with Crippen LogP contribution < -0.4 is 0 Å². The van der Waals surface area contributed by atoms with Gasteiger partial charge in [-0.2, -0.15) is 10.5 Å². The van der Waals surface area contributed by atoms with Crippen LogP contribution in [0.1, 0.15) is 22.8 Å². The summed E-state index contributed by atoms with van der Waals surface area (Å²) in [5.41, 5.74) is 13.7. The third-order valence-electron chi connectivity index (χ3n) is 11.6. The third kappa shape index (κ3) is 4.89. The van der Waals surface area contributed by atoms with Crippen LogP contribution in [-0.2, 0) is 0 Å². The Labute approximate surface area is 341 Å². The molecule has 1 aliphatic rings. The summed E-state index contributed by atoms with van der Waals surface area (Å²) in [6.07, 6.45) is 4.22. The Balaban J connectivity index is 1.40. The molecule has 8 bridgehead atoms. The van der Waals surface area contributed by atoms with Crippen LogP contribution >= 0.6 is 0 Å². The Morgan fingerprint density at radius 3 is 1.43 bits per heavy atom. The van der Waals surface area contributed by atoms with E-state index in [2.05, 4.69) is 131 Å². The molecular weight excluding hydrogens is 737 g/mol. The molecule has 276 valence electrons. The van der Waals surface area contributed by atoms with Gasteiger partial charge in [0.05, 0.1) is 33.5 Å². The van der Waals surface area contributed by atoms with E-state index in [1.54, 1.807) is 0 Å². The number of nitriles is 2. The minimum absolute atomic E-state index is 0.0114. The molecule has 8 heteroatoms. The maximum atomic E-state index is 10.1. The lowest BCUT2D eigenvalue weighted by Crippen LogP contribution is -1.97. The molecule has 0 amide bonds. The molecular formula is C52H28N8. The van der Waals surface area contributed by atoms with Crippen LogP contribution in [0.15, 0.2) is 146 Å². The number of fused-ring (bicyclic) bond motifs is 14. The average molecular weight is 765 g/mol. The molecule has 0 radical (unpaired) electrons. The average Bonchev–Trinajstić information content (AvgIpc) is 4.14. The van der Waals surface area contributed by atoms with Gasteiger partial charge in [0.15, 0.2) is 11.4 Å². The summed E-state index contributed by atoms with van der Waals surface area (Å²) in [5, 5.41) is 25.6. The van der Waals surface area contributed by atoms with E-state index in [1.807, 2.05) is 48.5 Å². The van der Waals surface area contributed by atoms with E-state index < -0.39 is 0 Å². The summed E-state index contributed by atoms with van der Waals surface area (Å²) < 4.78 is 0. The van der Waals surface area contributed by atoms with Gasteiger partial charge >= 0.3 is 0 Å². The Bertz CT molecular complexity index is 3830. The van der Waals surface area contributed by atoms with Crippen LogP contribution in [-0.4, -0.2) is 29.9 Å². The first-order valence-corrected chi connectivity index (χ1v) is 19.6. The van der Waals surface area contributed by atoms with E-state index in [0.717, 1.165) is 110 Å². The van der Waals surface area contributed by atoms with Gasteiger partial charge in [-0.25, -0.2) is 19.9 Å². The molecule has 1 aliphatic heterocycles. The third-order valence-corrected chi connectivity index (χ3v) is 11.6. The number of H-pyrrole nitrogens is 2. The van der Waals surface area contributed by atoms with E-state index in [9.17, 15) is 10.5 Å². The molecule has 0 aliphatic carbocycles. The first-order chi connectivity index (χ1) is 29.7. The van der Waals surface area contributed by atoms with Gasteiger partial charge in [-0.05, 0) is 69.9 Å². The van der Waals surface area contributed by atoms with Gasteiger partial charge < -0.3 is 9.97 Å². The minimum Gasteiger partial charge on any atom is -0.354 e. The normalized spacial score (nSPS) is 11.9. The largest absolute Gasteiger partial charge is 0.354 e. The SMILES string of the molecule is N#Cc1nc2cc3c4nc5c(c6ccc([nH]6)c(-c6ccccc6)c6nc(c(-c7ccccc7)c7ccc([nH]7)c4-c4ccccc4)C=C6)c4ccccc4c(c2nc1C#N)c35. The van der Waals surface area contributed by atoms with Crippen molar-refractivity contribution in [2.24, 2.45) is 0 Å². The van der Waals surface area contributed by atoms with E-state index in [4.69, 9.17) is 19.9 Å². The molecule has 6 aromatic carbocycles. The van der Waals surface area contributed by atoms with Crippen LogP contribution in [0.2, 0.25) is 0 Å². The van der Waals surface area contributed by atoms with Crippen molar-refractivity contribution in [3.8, 4) is 45.5 Å². The second-order valence-electron chi connectivity index (χ2n) is 14.9. The molecule has 8 nitrogen and oxygen atoms in total. The fourth-order valence-electron chi connectivity index (χ4n) is 9.10. The molecule has 0 fully saturated rings. The van der Waals surface area contributed by atoms with Crippen LogP contribution in [0, 0.1) is 22.7 Å². The number of aromatic amines is 2. The predicted molar refractivity (Wildman–Crippen MR) is 241 cm³/mol. The van der Waals surface area contributed by atoms with Crippen LogP contribution in [0.3, 0.4) is 0 Å². The second kappa shape index (κ2) is 12.9. The summed E-state index contributed by atoms with van der Waals surface area (Å²) >= 11 is 0. The zero-order chi connectivity index (χ0) is 39.9. The maximum absolute atomic E-state index is 10.1. The van der Waals surface area contributed by atoms with Crippen molar-refractivity contribution in [2.45, 2.75) is 0 Å². The lowest BCUT2D eigenvalue weighted by Gasteiger charge is -2.10. The van der Waals surface area contributed by atoms with Gasteiger partial charge in [0.1, 0.15) is 12.1 Å². The topological polar surface area (TPSA) is 131 Å². The molecule has 0 unspecified atom stereocenters. The molecule has 11 aromatic rings. The highest BCUT2D eigenvalue weighted by Gasteiger charge is 2.24. The monoisotopic (exact) mass is 764 g/mol. The van der Waals surface area contributed by atoms with Gasteiger partial charge in [0, 0.05) is 60.3 Å². The van der Waals surface area contributed by atoms with Crippen LogP contribution in [0.4, 0.5) is 0 Å². The zero-order valence-corrected chi connectivity index (χ0v) is 31.7. The van der Waals surface area contributed by atoms with Crippen LogP contribution in [0.5, 0.6) is 0 Å². The van der Waals surface area contributed by atoms with E-state index in [1.165, 1.54) is 0 Å².